The van der Waals surface area contributed by atoms with E-state index in [2.05, 4.69) is 5.43 Å². The Morgan fingerprint density at radius 1 is 1.26 bits per heavy atom. The average Bonchev–Trinajstić information content (AvgIpc) is 2.36. The number of benzene rings is 1. The van der Waals surface area contributed by atoms with Crippen LogP contribution < -0.4 is 22.6 Å². The van der Waals surface area contributed by atoms with E-state index in [-0.39, 0.29) is 22.8 Å². The third-order valence-electron chi connectivity index (χ3n) is 2.59. The summed E-state index contributed by atoms with van der Waals surface area (Å²) in [5.41, 5.74) is 7.52. The van der Waals surface area contributed by atoms with Crippen LogP contribution in [0.2, 0.25) is 0 Å². The van der Waals surface area contributed by atoms with E-state index in [0.29, 0.717) is 11.1 Å². The zero-order valence-electron chi connectivity index (χ0n) is 9.92. The van der Waals surface area contributed by atoms with Crippen molar-refractivity contribution in [3.05, 3.63) is 34.7 Å². The van der Waals surface area contributed by atoms with Crippen LogP contribution >= 0.6 is 0 Å². The van der Waals surface area contributed by atoms with Crippen molar-refractivity contribution in [2.45, 2.75) is 4.90 Å². The second kappa shape index (κ2) is 5.00. The Balaban J connectivity index is 2.67. The van der Waals surface area contributed by atoms with Crippen LogP contribution in [0.15, 0.2) is 38.4 Å². The number of fused-ring (bicyclic) bond motifs is 1. The van der Waals surface area contributed by atoms with Crippen molar-refractivity contribution in [2.75, 3.05) is 17.7 Å². The van der Waals surface area contributed by atoms with Crippen LogP contribution in [-0.2, 0) is 9.84 Å². The van der Waals surface area contributed by atoms with Gasteiger partial charge in [0.2, 0.25) is 0 Å². The van der Waals surface area contributed by atoms with Crippen molar-refractivity contribution in [2.24, 2.45) is 11.6 Å². The second-order valence-electron chi connectivity index (χ2n) is 3.90. The minimum absolute atomic E-state index is 0.0597. The SMILES string of the molecule is NCCS(=O)(=O)c1cc2ccc(NN)cc2oc1=O. The van der Waals surface area contributed by atoms with E-state index in [1.807, 2.05) is 0 Å². The van der Waals surface area contributed by atoms with Gasteiger partial charge in [-0.2, -0.15) is 0 Å². The molecule has 0 unspecified atom stereocenters. The van der Waals surface area contributed by atoms with Crippen molar-refractivity contribution in [3.63, 3.8) is 0 Å². The lowest BCUT2D eigenvalue weighted by Gasteiger charge is -2.04. The Hall–Kier alpha value is -1.90. The van der Waals surface area contributed by atoms with E-state index in [4.69, 9.17) is 16.0 Å². The number of nitrogens with two attached hydrogens (primary N) is 2. The third kappa shape index (κ3) is 2.60. The van der Waals surface area contributed by atoms with E-state index >= 15 is 0 Å². The zero-order valence-corrected chi connectivity index (χ0v) is 10.7. The van der Waals surface area contributed by atoms with Crippen LogP contribution in [0.3, 0.4) is 0 Å². The lowest BCUT2D eigenvalue weighted by Crippen LogP contribution is -2.21. The smallest absolute Gasteiger partial charge is 0.355 e. The summed E-state index contributed by atoms with van der Waals surface area (Å²) in [5.74, 6) is 4.94. The van der Waals surface area contributed by atoms with Gasteiger partial charge < -0.3 is 15.6 Å². The van der Waals surface area contributed by atoms with Crippen molar-refractivity contribution >= 4 is 26.5 Å². The van der Waals surface area contributed by atoms with Gasteiger partial charge in [0.25, 0.3) is 0 Å². The zero-order chi connectivity index (χ0) is 14.0. The number of hydrazine groups is 1. The molecule has 0 bridgehead atoms. The first-order valence-electron chi connectivity index (χ1n) is 5.45. The summed E-state index contributed by atoms with van der Waals surface area (Å²) in [6, 6.07) is 6.04. The van der Waals surface area contributed by atoms with E-state index < -0.39 is 15.5 Å². The molecule has 102 valence electrons. The molecule has 0 atom stereocenters. The first-order valence-corrected chi connectivity index (χ1v) is 7.10. The Kier molecular flexibility index (Phi) is 3.56. The Labute approximate surface area is 109 Å². The highest BCUT2D eigenvalue weighted by Crippen LogP contribution is 2.20. The van der Waals surface area contributed by atoms with E-state index in [0.717, 1.165) is 0 Å². The van der Waals surface area contributed by atoms with Gasteiger partial charge in [-0.3, -0.25) is 5.84 Å². The minimum atomic E-state index is -3.72. The van der Waals surface area contributed by atoms with Crippen LogP contribution in [0, 0.1) is 0 Å². The van der Waals surface area contributed by atoms with Gasteiger partial charge in [0.05, 0.1) is 11.4 Å². The molecule has 0 spiro atoms. The fourth-order valence-electron chi connectivity index (χ4n) is 1.66. The fourth-order valence-corrected chi connectivity index (χ4v) is 2.80. The number of rotatable bonds is 4. The second-order valence-corrected chi connectivity index (χ2v) is 5.98. The van der Waals surface area contributed by atoms with E-state index in [9.17, 15) is 13.2 Å². The molecule has 0 aliphatic heterocycles. The molecule has 2 rings (SSSR count). The van der Waals surface area contributed by atoms with Crippen LogP contribution in [0.4, 0.5) is 5.69 Å². The number of nitrogens with one attached hydrogen (secondary N) is 1. The molecule has 1 heterocycles. The van der Waals surface area contributed by atoms with E-state index in [1.54, 1.807) is 12.1 Å². The van der Waals surface area contributed by atoms with Gasteiger partial charge in [0, 0.05) is 18.0 Å². The van der Waals surface area contributed by atoms with Crippen LogP contribution in [0.1, 0.15) is 0 Å². The molecule has 7 nitrogen and oxygen atoms in total. The number of sulfone groups is 1. The molecule has 0 aliphatic rings. The predicted octanol–water partition coefficient (Wildman–Crippen LogP) is -0.189. The molecule has 1 aromatic carbocycles. The maximum Gasteiger partial charge on any atom is 0.355 e. The van der Waals surface area contributed by atoms with Gasteiger partial charge in [0.1, 0.15) is 5.58 Å². The van der Waals surface area contributed by atoms with Crippen molar-refractivity contribution < 1.29 is 12.8 Å². The highest BCUT2D eigenvalue weighted by atomic mass is 32.2. The molecule has 0 amide bonds. The summed E-state index contributed by atoms with van der Waals surface area (Å²) < 4.78 is 28.7. The largest absolute Gasteiger partial charge is 0.422 e. The van der Waals surface area contributed by atoms with Gasteiger partial charge in [-0.25, -0.2) is 13.2 Å². The highest BCUT2D eigenvalue weighted by molar-refractivity contribution is 7.91. The fraction of sp³-hybridized carbons (Fsp3) is 0.182. The molecule has 8 heteroatoms. The third-order valence-corrected chi connectivity index (χ3v) is 4.32. The Bertz CT molecular complexity index is 767. The number of nitrogen functional groups attached to an aromatic ring is 1. The van der Waals surface area contributed by atoms with Crippen molar-refractivity contribution in [1.29, 1.82) is 0 Å². The van der Waals surface area contributed by atoms with Crippen LogP contribution in [0.25, 0.3) is 11.0 Å². The van der Waals surface area contributed by atoms with Gasteiger partial charge in [-0.05, 0) is 18.2 Å². The summed E-state index contributed by atoms with van der Waals surface area (Å²) in [4.78, 5) is 11.3. The van der Waals surface area contributed by atoms with Gasteiger partial charge in [-0.15, -0.1) is 0 Å². The molecule has 0 saturated heterocycles. The van der Waals surface area contributed by atoms with Gasteiger partial charge >= 0.3 is 5.63 Å². The highest BCUT2D eigenvalue weighted by Gasteiger charge is 2.19. The predicted molar refractivity (Wildman–Crippen MR) is 71.4 cm³/mol. The molecule has 2 aromatic rings. The maximum absolute atomic E-state index is 11.8. The number of anilines is 1. The van der Waals surface area contributed by atoms with Gasteiger partial charge in [-0.1, -0.05) is 0 Å². The molecule has 0 fully saturated rings. The first kappa shape index (κ1) is 13.5. The topological polar surface area (TPSA) is 128 Å². The molecular weight excluding hydrogens is 270 g/mol. The van der Waals surface area contributed by atoms with Crippen molar-refractivity contribution in [3.8, 4) is 0 Å². The lowest BCUT2D eigenvalue weighted by molar-refractivity contribution is 0.532. The van der Waals surface area contributed by atoms with Crippen molar-refractivity contribution in [1.82, 2.24) is 0 Å². The number of hydrogen-bond acceptors (Lipinski definition) is 7. The molecule has 0 aliphatic carbocycles. The standard InChI is InChI=1S/C11H13N3O4S/c12-3-4-19(16,17)10-5-7-1-2-8(14-13)6-9(7)18-11(10)15/h1-2,5-6,14H,3-4,12-13H2. The molecule has 1 aromatic heterocycles. The maximum atomic E-state index is 11.8. The number of hydrogen-bond donors (Lipinski definition) is 3. The Morgan fingerprint density at radius 2 is 2.00 bits per heavy atom. The normalized spacial score (nSPS) is 11.7. The van der Waals surface area contributed by atoms with Crippen LogP contribution in [-0.4, -0.2) is 20.7 Å². The molecule has 19 heavy (non-hydrogen) atoms. The van der Waals surface area contributed by atoms with E-state index in [1.165, 1.54) is 12.1 Å². The average molecular weight is 283 g/mol. The van der Waals surface area contributed by atoms with Gasteiger partial charge in [0.15, 0.2) is 14.7 Å². The summed E-state index contributed by atoms with van der Waals surface area (Å²) in [6.07, 6.45) is 0. The summed E-state index contributed by atoms with van der Waals surface area (Å²) in [6.45, 7) is -0.0597. The first-order chi connectivity index (χ1) is 8.97. The molecule has 5 N–H and O–H groups in total. The summed E-state index contributed by atoms with van der Waals surface area (Å²) in [5, 5.41) is 0.495. The molecular formula is C11H13N3O4S. The minimum Gasteiger partial charge on any atom is -0.422 e. The quantitative estimate of drug-likeness (QED) is 0.403. The molecule has 0 saturated carbocycles. The summed E-state index contributed by atoms with van der Waals surface area (Å²) >= 11 is 0. The Morgan fingerprint density at radius 3 is 2.63 bits per heavy atom. The lowest BCUT2D eigenvalue weighted by atomic mass is 10.2. The van der Waals surface area contributed by atoms with Crippen LogP contribution in [0.5, 0.6) is 0 Å². The summed E-state index contributed by atoms with van der Waals surface area (Å²) in [7, 11) is -3.72. The monoisotopic (exact) mass is 283 g/mol. The molecule has 0 radical (unpaired) electrons.